The number of nitrogens with two attached hydrogens (primary N) is 1. The summed E-state index contributed by atoms with van der Waals surface area (Å²) in [4.78, 5) is 14.8. The van der Waals surface area contributed by atoms with Crippen molar-refractivity contribution in [2.45, 2.75) is 11.8 Å². The van der Waals surface area contributed by atoms with Crippen LogP contribution in [0, 0.1) is 0 Å². The first-order valence-electron chi connectivity index (χ1n) is 5.87. The molecular formula is C10H14N6O4S. The standard InChI is InChI=1S/C10H14N6O4S/c1-3-20-10-12-9(13-14-10)15-21(18,19)6-4-7(8(11)17)16(2)5-6/h4-5H,3H2,1-2H3,(H2,11,17)(H2,12,13,14,15). The number of carbonyl (C=O) groups is 1. The predicted molar refractivity (Wildman–Crippen MR) is 72.3 cm³/mol. The van der Waals surface area contributed by atoms with Gasteiger partial charge in [-0.2, -0.15) is 4.98 Å². The van der Waals surface area contributed by atoms with Crippen molar-refractivity contribution in [2.75, 3.05) is 11.3 Å². The van der Waals surface area contributed by atoms with E-state index >= 15 is 0 Å². The van der Waals surface area contributed by atoms with E-state index in [9.17, 15) is 13.2 Å². The SMILES string of the molecule is CCOc1n[nH]c(NS(=O)(=O)c2cc(C(N)=O)n(C)c2)n1. The van der Waals surface area contributed by atoms with E-state index in [0.717, 1.165) is 0 Å². The molecule has 2 rings (SSSR count). The summed E-state index contributed by atoms with van der Waals surface area (Å²) >= 11 is 0. The van der Waals surface area contributed by atoms with Crippen molar-refractivity contribution in [3.05, 3.63) is 18.0 Å². The number of aromatic nitrogens is 4. The highest BCUT2D eigenvalue weighted by atomic mass is 32.2. The minimum atomic E-state index is -3.92. The molecule has 4 N–H and O–H groups in total. The fourth-order valence-corrected chi connectivity index (χ4v) is 2.63. The van der Waals surface area contributed by atoms with Crippen LogP contribution in [0.1, 0.15) is 17.4 Å². The number of amides is 1. The van der Waals surface area contributed by atoms with Crippen LogP contribution in [0.2, 0.25) is 0 Å². The maximum Gasteiger partial charge on any atom is 0.337 e. The van der Waals surface area contributed by atoms with Crippen LogP contribution >= 0.6 is 0 Å². The van der Waals surface area contributed by atoms with E-state index in [0.29, 0.717) is 6.61 Å². The van der Waals surface area contributed by atoms with Gasteiger partial charge in [-0.15, -0.1) is 5.10 Å². The average molecular weight is 314 g/mol. The maximum absolute atomic E-state index is 12.2. The fraction of sp³-hybridized carbons (Fsp3) is 0.300. The number of aromatic amines is 1. The molecule has 0 aliphatic rings. The Morgan fingerprint density at radius 1 is 1.57 bits per heavy atom. The molecule has 0 fully saturated rings. The van der Waals surface area contributed by atoms with Crippen molar-refractivity contribution < 1.29 is 17.9 Å². The van der Waals surface area contributed by atoms with E-state index < -0.39 is 15.9 Å². The van der Waals surface area contributed by atoms with Crippen molar-refractivity contribution in [3.63, 3.8) is 0 Å². The van der Waals surface area contributed by atoms with E-state index in [-0.39, 0.29) is 22.5 Å². The van der Waals surface area contributed by atoms with Gasteiger partial charge in [-0.1, -0.05) is 0 Å². The first kappa shape index (κ1) is 14.8. The number of H-pyrrole nitrogens is 1. The molecule has 2 aromatic rings. The number of primary amides is 1. The summed E-state index contributed by atoms with van der Waals surface area (Å²) < 4.78 is 32.8. The molecule has 2 heterocycles. The second kappa shape index (κ2) is 5.44. The molecule has 0 bridgehead atoms. The lowest BCUT2D eigenvalue weighted by Gasteiger charge is -2.01. The van der Waals surface area contributed by atoms with E-state index in [4.69, 9.17) is 10.5 Å². The van der Waals surface area contributed by atoms with Gasteiger partial charge in [0.15, 0.2) is 0 Å². The zero-order chi connectivity index (χ0) is 15.6. The lowest BCUT2D eigenvalue weighted by Crippen LogP contribution is -2.14. The summed E-state index contributed by atoms with van der Waals surface area (Å²) in [6.07, 6.45) is 1.27. The maximum atomic E-state index is 12.2. The molecule has 0 aliphatic carbocycles. The van der Waals surface area contributed by atoms with E-state index in [2.05, 4.69) is 19.9 Å². The van der Waals surface area contributed by atoms with E-state index in [1.807, 2.05) is 0 Å². The van der Waals surface area contributed by atoms with Gasteiger partial charge in [0.2, 0.25) is 5.95 Å². The van der Waals surface area contributed by atoms with Crippen LogP contribution in [0.4, 0.5) is 5.95 Å². The van der Waals surface area contributed by atoms with Crippen LogP contribution in [0.3, 0.4) is 0 Å². The number of rotatable bonds is 6. The van der Waals surface area contributed by atoms with Gasteiger partial charge in [-0.3, -0.25) is 4.79 Å². The average Bonchev–Trinajstić information content (AvgIpc) is 2.96. The van der Waals surface area contributed by atoms with Crippen LogP contribution in [-0.2, 0) is 17.1 Å². The third kappa shape index (κ3) is 3.13. The summed E-state index contributed by atoms with van der Waals surface area (Å²) in [6, 6.07) is 1.20. The lowest BCUT2D eigenvalue weighted by molar-refractivity contribution is 0.0992. The zero-order valence-corrected chi connectivity index (χ0v) is 12.1. The van der Waals surface area contributed by atoms with E-state index in [1.54, 1.807) is 6.92 Å². The summed E-state index contributed by atoms with van der Waals surface area (Å²) in [5.74, 6) is -0.819. The van der Waals surface area contributed by atoms with Gasteiger partial charge in [-0.05, 0) is 13.0 Å². The Morgan fingerprint density at radius 3 is 2.86 bits per heavy atom. The van der Waals surface area contributed by atoms with Gasteiger partial charge >= 0.3 is 6.01 Å². The Kier molecular flexibility index (Phi) is 3.84. The molecule has 2 aromatic heterocycles. The molecule has 0 aliphatic heterocycles. The zero-order valence-electron chi connectivity index (χ0n) is 11.3. The van der Waals surface area contributed by atoms with Crippen molar-refractivity contribution in [2.24, 2.45) is 12.8 Å². The molecule has 10 nitrogen and oxygen atoms in total. The summed E-state index contributed by atoms with van der Waals surface area (Å²) in [5, 5.41) is 6.06. The molecule has 0 spiro atoms. The highest BCUT2D eigenvalue weighted by Crippen LogP contribution is 2.17. The normalized spacial score (nSPS) is 11.3. The number of ether oxygens (including phenoxy) is 1. The quantitative estimate of drug-likeness (QED) is 0.651. The fourth-order valence-electron chi connectivity index (χ4n) is 1.60. The Morgan fingerprint density at radius 2 is 2.29 bits per heavy atom. The number of carbonyl (C=O) groups excluding carboxylic acids is 1. The van der Waals surface area contributed by atoms with Crippen LogP contribution in [0.5, 0.6) is 6.01 Å². The molecule has 0 saturated heterocycles. The molecular weight excluding hydrogens is 300 g/mol. The minimum Gasteiger partial charge on any atom is -0.463 e. The molecule has 0 radical (unpaired) electrons. The highest BCUT2D eigenvalue weighted by molar-refractivity contribution is 7.92. The number of nitrogens with zero attached hydrogens (tertiary/aromatic N) is 3. The molecule has 11 heteroatoms. The molecule has 1 amide bonds. The number of anilines is 1. The Labute approximate surface area is 120 Å². The molecule has 0 unspecified atom stereocenters. The second-order valence-corrected chi connectivity index (χ2v) is 5.72. The van der Waals surface area contributed by atoms with Crippen molar-refractivity contribution in [1.82, 2.24) is 19.7 Å². The van der Waals surface area contributed by atoms with Gasteiger partial charge < -0.3 is 15.0 Å². The summed E-state index contributed by atoms with van der Waals surface area (Å²) in [6.45, 7) is 2.10. The summed E-state index contributed by atoms with van der Waals surface area (Å²) in [7, 11) is -2.40. The molecule has 21 heavy (non-hydrogen) atoms. The number of hydrogen-bond acceptors (Lipinski definition) is 6. The number of nitrogens with one attached hydrogen (secondary N) is 2. The van der Waals surface area contributed by atoms with Gasteiger partial charge in [0.25, 0.3) is 15.9 Å². The molecule has 0 saturated carbocycles. The first-order chi connectivity index (χ1) is 9.83. The third-order valence-corrected chi connectivity index (χ3v) is 3.82. The smallest absolute Gasteiger partial charge is 0.337 e. The van der Waals surface area contributed by atoms with E-state index in [1.165, 1.54) is 23.9 Å². The van der Waals surface area contributed by atoms with Crippen molar-refractivity contribution >= 4 is 21.9 Å². The molecule has 0 atom stereocenters. The summed E-state index contributed by atoms with van der Waals surface area (Å²) in [5.41, 5.74) is 5.21. The van der Waals surface area contributed by atoms with Crippen molar-refractivity contribution in [1.29, 1.82) is 0 Å². The van der Waals surface area contributed by atoms with Crippen LogP contribution in [0.25, 0.3) is 0 Å². The van der Waals surface area contributed by atoms with Crippen LogP contribution in [-0.4, -0.2) is 40.7 Å². The Balaban J connectivity index is 2.25. The molecule has 0 aromatic carbocycles. The number of sulfonamides is 1. The molecule has 114 valence electrons. The highest BCUT2D eigenvalue weighted by Gasteiger charge is 2.21. The number of hydrogen-bond donors (Lipinski definition) is 3. The van der Waals surface area contributed by atoms with Crippen LogP contribution < -0.4 is 15.2 Å². The first-order valence-corrected chi connectivity index (χ1v) is 7.36. The second-order valence-electron chi connectivity index (χ2n) is 4.04. The Hall–Kier alpha value is -2.56. The number of aryl methyl sites for hydroxylation is 1. The largest absolute Gasteiger partial charge is 0.463 e. The van der Waals surface area contributed by atoms with Gasteiger partial charge in [0.05, 0.1) is 6.61 Å². The van der Waals surface area contributed by atoms with Crippen LogP contribution in [0.15, 0.2) is 17.2 Å². The monoisotopic (exact) mass is 314 g/mol. The predicted octanol–water partition coefficient (Wildman–Crippen LogP) is -0.558. The Bertz CT molecular complexity index is 762. The van der Waals surface area contributed by atoms with Crippen molar-refractivity contribution in [3.8, 4) is 6.01 Å². The third-order valence-electron chi connectivity index (χ3n) is 2.51. The van der Waals surface area contributed by atoms with Gasteiger partial charge in [-0.25, -0.2) is 18.2 Å². The topological polar surface area (TPSA) is 145 Å². The van der Waals surface area contributed by atoms with Gasteiger partial charge in [0, 0.05) is 13.2 Å². The minimum absolute atomic E-state index is 0.0288. The lowest BCUT2D eigenvalue weighted by atomic mass is 10.4. The van der Waals surface area contributed by atoms with Gasteiger partial charge in [0.1, 0.15) is 10.6 Å².